The van der Waals surface area contributed by atoms with Gasteiger partial charge in [0.2, 0.25) is 11.8 Å². The van der Waals surface area contributed by atoms with Gasteiger partial charge in [-0.1, -0.05) is 48.7 Å². The van der Waals surface area contributed by atoms with E-state index in [1.54, 1.807) is 4.90 Å². The molecular weight excluding hydrogens is 416 g/mol. The molecule has 0 spiro atoms. The normalized spacial score (nSPS) is 16.3. The van der Waals surface area contributed by atoms with Crippen LogP contribution in [0.25, 0.3) is 0 Å². The zero-order valence-electron chi connectivity index (χ0n) is 19.6. The lowest BCUT2D eigenvalue weighted by atomic mass is 10.1. The standard InChI is InChI=1S/C27H34N2O4/c1-19-6-5-7-22(16-19)18-29(20(2)27(31)28-23-8-3-4-9-23)26(30)13-11-21-10-12-24-25(17-21)33-15-14-32-24/h5-7,10,12,16-17,20,23H,3-4,8-9,11,13-15,18H2,1-2H3,(H,28,31)/t20-/m0/s1. The first kappa shape index (κ1) is 23.1. The van der Waals surface area contributed by atoms with Gasteiger partial charge in [0.15, 0.2) is 11.5 Å². The van der Waals surface area contributed by atoms with Gasteiger partial charge in [-0.25, -0.2) is 0 Å². The third kappa shape index (κ3) is 6.06. The fraction of sp³-hybridized carbons (Fsp3) is 0.481. The number of carbonyl (C=O) groups is 2. The minimum absolute atomic E-state index is 0.0273. The van der Waals surface area contributed by atoms with Crippen LogP contribution in [-0.2, 0) is 22.6 Å². The molecule has 1 saturated carbocycles. The molecule has 33 heavy (non-hydrogen) atoms. The Morgan fingerprint density at radius 3 is 2.55 bits per heavy atom. The third-order valence-corrected chi connectivity index (χ3v) is 6.54. The van der Waals surface area contributed by atoms with Gasteiger partial charge < -0.3 is 19.7 Å². The molecule has 2 amide bonds. The fourth-order valence-corrected chi connectivity index (χ4v) is 4.62. The van der Waals surface area contributed by atoms with Gasteiger partial charge in [0.1, 0.15) is 19.3 Å². The summed E-state index contributed by atoms with van der Waals surface area (Å²) < 4.78 is 11.3. The lowest BCUT2D eigenvalue weighted by molar-refractivity contribution is -0.140. The molecule has 2 aromatic rings. The molecule has 0 bridgehead atoms. The van der Waals surface area contributed by atoms with E-state index in [0.29, 0.717) is 32.6 Å². The molecule has 2 aliphatic rings. The molecule has 6 heteroatoms. The molecule has 1 fully saturated rings. The second-order valence-corrected chi connectivity index (χ2v) is 9.15. The molecule has 0 saturated heterocycles. The molecule has 1 heterocycles. The molecule has 4 rings (SSSR count). The van der Waals surface area contributed by atoms with Gasteiger partial charge >= 0.3 is 0 Å². The molecule has 2 aromatic carbocycles. The number of rotatable bonds is 8. The highest BCUT2D eigenvalue weighted by Gasteiger charge is 2.28. The van der Waals surface area contributed by atoms with E-state index in [1.807, 2.05) is 50.2 Å². The van der Waals surface area contributed by atoms with Crippen LogP contribution in [-0.4, -0.2) is 42.0 Å². The Morgan fingerprint density at radius 1 is 1.03 bits per heavy atom. The van der Waals surface area contributed by atoms with Crippen LogP contribution >= 0.6 is 0 Å². The highest BCUT2D eigenvalue weighted by Crippen LogP contribution is 2.31. The number of aryl methyl sites for hydroxylation is 2. The average molecular weight is 451 g/mol. The van der Waals surface area contributed by atoms with Crippen molar-refractivity contribution in [1.82, 2.24) is 10.2 Å². The molecular formula is C27H34N2O4. The topological polar surface area (TPSA) is 67.9 Å². The second-order valence-electron chi connectivity index (χ2n) is 9.15. The van der Waals surface area contributed by atoms with Gasteiger partial charge in [-0.15, -0.1) is 0 Å². The first-order valence-corrected chi connectivity index (χ1v) is 12.0. The first-order chi connectivity index (χ1) is 16.0. The summed E-state index contributed by atoms with van der Waals surface area (Å²) in [5, 5.41) is 3.16. The van der Waals surface area contributed by atoms with Crippen LogP contribution in [0.2, 0.25) is 0 Å². The Labute approximate surface area is 196 Å². The maximum Gasteiger partial charge on any atom is 0.242 e. The molecule has 1 aliphatic heterocycles. The number of nitrogens with zero attached hydrogens (tertiary/aromatic N) is 1. The molecule has 6 nitrogen and oxygen atoms in total. The van der Waals surface area contributed by atoms with Gasteiger partial charge in [-0.05, 0) is 56.4 Å². The molecule has 0 radical (unpaired) electrons. The third-order valence-electron chi connectivity index (χ3n) is 6.54. The highest BCUT2D eigenvalue weighted by molar-refractivity contribution is 5.87. The fourth-order valence-electron chi connectivity index (χ4n) is 4.62. The number of carbonyl (C=O) groups excluding carboxylic acids is 2. The predicted octanol–water partition coefficient (Wildman–Crippen LogP) is 4.17. The van der Waals surface area contributed by atoms with E-state index in [1.165, 1.54) is 0 Å². The summed E-state index contributed by atoms with van der Waals surface area (Å²) in [7, 11) is 0. The van der Waals surface area contributed by atoms with Crippen LogP contribution in [0.15, 0.2) is 42.5 Å². The van der Waals surface area contributed by atoms with E-state index < -0.39 is 6.04 Å². The van der Waals surface area contributed by atoms with Gasteiger partial charge in [-0.2, -0.15) is 0 Å². The Kier molecular flexibility index (Phi) is 7.53. The Morgan fingerprint density at radius 2 is 1.79 bits per heavy atom. The smallest absolute Gasteiger partial charge is 0.242 e. The van der Waals surface area contributed by atoms with Crippen molar-refractivity contribution in [3.05, 3.63) is 59.2 Å². The first-order valence-electron chi connectivity index (χ1n) is 12.0. The summed E-state index contributed by atoms with van der Waals surface area (Å²) in [6, 6.07) is 13.6. The largest absolute Gasteiger partial charge is 0.486 e. The second kappa shape index (κ2) is 10.7. The number of hydrogen-bond donors (Lipinski definition) is 1. The molecule has 1 N–H and O–H groups in total. The van der Waals surface area contributed by atoms with E-state index in [9.17, 15) is 9.59 Å². The number of nitrogens with one attached hydrogen (secondary N) is 1. The summed E-state index contributed by atoms with van der Waals surface area (Å²) >= 11 is 0. The maximum atomic E-state index is 13.4. The van der Waals surface area contributed by atoms with E-state index in [2.05, 4.69) is 11.4 Å². The maximum absolute atomic E-state index is 13.4. The number of amides is 2. The number of ether oxygens (including phenoxy) is 2. The Hall–Kier alpha value is -3.02. The van der Waals surface area contributed by atoms with Crippen molar-refractivity contribution in [2.45, 2.75) is 71.0 Å². The van der Waals surface area contributed by atoms with Crippen molar-refractivity contribution >= 4 is 11.8 Å². The van der Waals surface area contributed by atoms with Crippen molar-refractivity contribution in [2.24, 2.45) is 0 Å². The zero-order chi connectivity index (χ0) is 23.2. The van der Waals surface area contributed by atoms with Crippen LogP contribution in [0.5, 0.6) is 11.5 Å². The summed E-state index contributed by atoms with van der Waals surface area (Å²) in [5.41, 5.74) is 3.19. The Balaban J connectivity index is 1.45. The van der Waals surface area contributed by atoms with Gasteiger partial charge in [0.25, 0.3) is 0 Å². The van der Waals surface area contributed by atoms with E-state index >= 15 is 0 Å². The lowest BCUT2D eigenvalue weighted by Gasteiger charge is -2.30. The van der Waals surface area contributed by atoms with Gasteiger partial charge in [-0.3, -0.25) is 9.59 Å². The van der Waals surface area contributed by atoms with Crippen LogP contribution < -0.4 is 14.8 Å². The summed E-state index contributed by atoms with van der Waals surface area (Å²) in [6.07, 6.45) is 5.26. The summed E-state index contributed by atoms with van der Waals surface area (Å²) in [5.74, 6) is 1.38. The average Bonchev–Trinajstić information content (AvgIpc) is 3.33. The van der Waals surface area contributed by atoms with Crippen LogP contribution in [0.4, 0.5) is 0 Å². The number of fused-ring (bicyclic) bond motifs is 1. The van der Waals surface area contributed by atoms with Crippen molar-refractivity contribution in [3.63, 3.8) is 0 Å². The number of benzene rings is 2. The van der Waals surface area contributed by atoms with Gasteiger partial charge in [0.05, 0.1) is 0 Å². The van der Waals surface area contributed by atoms with Crippen LogP contribution in [0, 0.1) is 6.92 Å². The predicted molar refractivity (Wildman–Crippen MR) is 127 cm³/mol. The Bertz CT molecular complexity index is 984. The van der Waals surface area contributed by atoms with E-state index in [4.69, 9.17) is 9.47 Å². The van der Waals surface area contributed by atoms with Crippen molar-refractivity contribution in [1.29, 1.82) is 0 Å². The molecule has 1 atom stereocenters. The monoisotopic (exact) mass is 450 g/mol. The van der Waals surface area contributed by atoms with Crippen molar-refractivity contribution < 1.29 is 19.1 Å². The van der Waals surface area contributed by atoms with Crippen LogP contribution in [0.1, 0.15) is 55.7 Å². The van der Waals surface area contributed by atoms with Crippen LogP contribution in [0.3, 0.4) is 0 Å². The van der Waals surface area contributed by atoms with E-state index in [-0.39, 0.29) is 17.9 Å². The summed E-state index contributed by atoms with van der Waals surface area (Å²) in [6.45, 7) is 5.38. The van der Waals surface area contributed by atoms with Crippen molar-refractivity contribution in [3.8, 4) is 11.5 Å². The molecule has 176 valence electrons. The molecule has 1 aliphatic carbocycles. The SMILES string of the molecule is Cc1cccc(CN(C(=O)CCc2ccc3c(c2)OCCO3)[C@@H](C)C(=O)NC2CCCC2)c1. The lowest BCUT2D eigenvalue weighted by Crippen LogP contribution is -2.49. The quantitative estimate of drug-likeness (QED) is 0.655. The van der Waals surface area contributed by atoms with E-state index in [0.717, 1.165) is 53.9 Å². The minimum Gasteiger partial charge on any atom is -0.486 e. The highest BCUT2D eigenvalue weighted by atomic mass is 16.6. The summed E-state index contributed by atoms with van der Waals surface area (Å²) in [4.78, 5) is 28.1. The zero-order valence-corrected chi connectivity index (χ0v) is 19.6. The minimum atomic E-state index is -0.529. The molecule has 0 unspecified atom stereocenters. The number of hydrogen-bond acceptors (Lipinski definition) is 4. The van der Waals surface area contributed by atoms with Crippen molar-refractivity contribution in [2.75, 3.05) is 13.2 Å². The van der Waals surface area contributed by atoms with Gasteiger partial charge in [0, 0.05) is 19.0 Å². The molecule has 0 aromatic heterocycles.